The fraction of sp³-hybridized carbons (Fsp3) is 0.267. The zero-order valence-electron chi connectivity index (χ0n) is 11.9. The summed E-state index contributed by atoms with van der Waals surface area (Å²) in [6.45, 7) is 4.15. The van der Waals surface area contributed by atoms with Crippen LogP contribution in [0.15, 0.2) is 46.1 Å². The molecule has 0 aliphatic heterocycles. The van der Waals surface area contributed by atoms with Crippen LogP contribution in [0.25, 0.3) is 0 Å². The van der Waals surface area contributed by atoms with Gasteiger partial charge in [-0.1, -0.05) is 12.1 Å². The Bertz CT molecular complexity index is 558. The van der Waals surface area contributed by atoms with Crippen LogP contribution in [0, 0.1) is 0 Å². The van der Waals surface area contributed by atoms with E-state index < -0.39 is 0 Å². The molecule has 0 unspecified atom stereocenters. The van der Waals surface area contributed by atoms with Gasteiger partial charge in [0.15, 0.2) is 5.96 Å². The predicted octanol–water partition coefficient (Wildman–Crippen LogP) is 3.33. The monoisotopic (exact) mass is 417 g/mol. The summed E-state index contributed by atoms with van der Waals surface area (Å²) in [7, 11) is 0. The van der Waals surface area contributed by atoms with Crippen molar-refractivity contribution >= 4 is 41.3 Å². The minimum Gasteiger partial charge on any atom is -0.508 e. The fourth-order valence-electron chi connectivity index (χ4n) is 1.75. The molecule has 2 aromatic rings. The predicted molar refractivity (Wildman–Crippen MR) is 99.5 cm³/mol. The lowest BCUT2D eigenvalue weighted by atomic mass is 10.2. The highest BCUT2D eigenvalue weighted by Gasteiger charge is 1.99. The first-order valence-corrected chi connectivity index (χ1v) is 7.53. The number of halogens is 1. The second-order valence-corrected chi connectivity index (χ2v) is 5.13. The smallest absolute Gasteiger partial charge is 0.191 e. The van der Waals surface area contributed by atoms with Gasteiger partial charge >= 0.3 is 0 Å². The van der Waals surface area contributed by atoms with Crippen molar-refractivity contribution in [3.8, 4) is 5.75 Å². The summed E-state index contributed by atoms with van der Waals surface area (Å²) >= 11 is 1.68. The molecule has 2 rings (SSSR count). The number of aromatic hydroxyl groups is 1. The quantitative estimate of drug-likeness (QED) is 0.398. The van der Waals surface area contributed by atoms with Gasteiger partial charge in [0, 0.05) is 13.1 Å². The molecule has 0 aliphatic carbocycles. The molecule has 0 aliphatic rings. The van der Waals surface area contributed by atoms with Crippen LogP contribution < -0.4 is 10.6 Å². The molecular formula is C15H20IN3OS. The van der Waals surface area contributed by atoms with E-state index in [0.717, 1.165) is 18.1 Å². The Morgan fingerprint density at radius 1 is 1.24 bits per heavy atom. The molecule has 0 bridgehead atoms. The van der Waals surface area contributed by atoms with Crippen LogP contribution in [0.2, 0.25) is 0 Å². The van der Waals surface area contributed by atoms with Crippen LogP contribution in [0.5, 0.6) is 5.75 Å². The number of benzene rings is 1. The Balaban J connectivity index is 0.00000220. The minimum atomic E-state index is 0. The zero-order valence-corrected chi connectivity index (χ0v) is 15.0. The summed E-state index contributed by atoms with van der Waals surface area (Å²) in [6.07, 6.45) is 0. The van der Waals surface area contributed by atoms with Crippen LogP contribution in [0.3, 0.4) is 0 Å². The average molecular weight is 417 g/mol. The Hall–Kier alpha value is -1.28. The molecule has 0 atom stereocenters. The summed E-state index contributed by atoms with van der Waals surface area (Å²) in [5, 5.41) is 20.1. The van der Waals surface area contributed by atoms with Crippen molar-refractivity contribution in [2.45, 2.75) is 20.0 Å². The van der Waals surface area contributed by atoms with Crippen molar-refractivity contribution in [2.24, 2.45) is 4.99 Å². The lowest BCUT2D eigenvalue weighted by molar-refractivity contribution is 0.474. The lowest BCUT2D eigenvalue weighted by Gasteiger charge is -2.11. The van der Waals surface area contributed by atoms with Gasteiger partial charge in [-0.05, 0) is 47.0 Å². The number of thiophene rings is 1. The van der Waals surface area contributed by atoms with E-state index in [1.54, 1.807) is 23.5 Å². The maximum absolute atomic E-state index is 9.44. The van der Waals surface area contributed by atoms with Gasteiger partial charge in [0.2, 0.25) is 0 Å². The molecule has 0 saturated carbocycles. The fourth-order valence-corrected chi connectivity index (χ4v) is 2.41. The number of hydrogen-bond acceptors (Lipinski definition) is 3. The molecule has 21 heavy (non-hydrogen) atoms. The molecule has 1 aromatic carbocycles. The SMILES string of the molecule is CCNC(=NCc1ccsc1)NCc1cccc(O)c1.I. The van der Waals surface area contributed by atoms with Crippen LogP contribution in [0.4, 0.5) is 0 Å². The Morgan fingerprint density at radius 2 is 2.10 bits per heavy atom. The molecule has 0 spiro atoms. The van der Waals surface area contributed by atoms with Crippen LogP contribution in [-0.2, 0) is 13.1 Å². The number of nitrogens with one attached hydrogen (secondary N) is 2. The van der Waals surface area contributed by atoms with Gasteiger partial charge in [-0.2, -0.15) is 11.3 Å². The van der Waals surface area contributed by atoms with E-state index >= 15 is 0 Å². The van der Waals surface area contributed by atoms with Gasteiger partial charge in [-0.15, -0.1) is 24.0 Å². The van der Waals surface area contributed by atoms with Crippen molar-refractivity contribution in [1.82, 2.24) is 10.6 Å². The van der Waals surface area contributed by atoms with Gasteiger partial charge in [-0.25, -0.2) is 4.99 Å². The lowest BCUT2D eigenvalue weighted by Crippen LogP contribution is -2.36. The molecule has 0 saturated heterocycles. The van der Waals surface area contributed by atoms with Crippen LogP contribution in [0.1, 0.15) is 18.1 Å². The highest BCUT2D eigenvalue weighted by atomic mass is 127. The van der Waals surface area contributed by atoms with E-state index in [4.69, 9.17) is 0 Å². The maximum Gasteiger partial charge on any atom is 0.191 e. The molecule has 114 valence electrons. The average Bonchev–Trinajstić information content (AvgIpc) is 2.95. The second kappa shape index (κ2) is 9.62. The van der Waals surface area contributed by atoms with E-state index in [1.165, 1.54) is 5.56 Å². The van der Waals surface area contributed by atoms with E-state index in [0.29, 0.717) is 13.1 Å². The third-order valence-corrected chi connectivity index (χ3v) is 3.45. The number of rotatable bonds is 5. The third kappa shape index (κ3) is 6.34. The standard InChI is InChI=1S/C15H19N3OS.HI/c1-2-16-15(18-10-13-6-7-20-11-13)17-9-12-4-3-5-14(19)8-12;/h3-8,11,19H,2,9-10H2,1H3,(H2,16,17,18);1H. The molecule has 3 N–H and O–H groups in total. The second-order valence-electron chi connectivity index (χ2n) is 4.35. The number of phenols is 1. The van der Waals surface area contributed by atoms with Crippen molar-refractivity contribution in [1.29, 1.82) is 0 Å². The van der Waals surface area contributed by atoms with Gasteiger partial charge in [0.1, 0.15) is 5.75 Å². The van der Waals surface area contributed by atoms with Crippen molar-refractivity contribution in [2.75, 3.05) is 6.54 Å². The Morgan fingerprint density at radius 3 is 2.76 bits per heavy atom. The summed E-state index contributed by atoms with van der Waals surface area (Å²) in [4.78, 5) is 4.53. The Kier molecular flexibility index (Phi) is 8.14. The number of phenolic OH excluding ortho intramolecular Hbond substituents is 1. The van der Waals surface area contributed by atoms with Crippen LogP contribution >= 0.6 is 35.3 Å². The van der Waals surface area contributed by atoms with E-state index in [9.17, 15) is 5.11 Å². The first-order chi connectivity index (χ1) is 9.78. The van der Waals surface area contributed by atoms with Gasteiger partial charge in [0.25, 0.3) is 0 Å². The number of hydrogen-bond donors (Lipinski definition) is 3. The van der Waals surface area contributed by atoms with Crippen molar-refractivity contribution in [3.63, 3.8) is 0 Å². The molecule has 0 radical (unpaired) electrons. The first kappa shape index (κ1) is 17.8. The van der Waals surface area contributed by atoms with Gasteiger partial charge in [-0.3, -0.25) is 0 Å². The third-order valence-electron chi connectivity index (χ3n) is 2.71. The maximum atomic E-state index is 9.44. The highest BCUT2D eigenvalue weighted by Crippen LogP contribution is 2.10. The molecule has 1 aromatic heterocycles. The molecular weight excluding hydrogens is 397 g/mol. The number of nitrogens with zero attached hydrogens (tertiary/aromatic N) is 1. The van der Waals surface area contributed by atoms with Gasteiger partial charge in [0.05, 0.1) is 6.54 Å². The molecule has 4 nitrogen and oxygen atoms in total. The van der Waals surface area contributed by atoms with E-state index in [2.05, 4.69) is 32.5 Å². The topological polar surface area (TPSA) is 56.7 Å². The molecule has 6 heteroatoms. The summed E-state index contributed by atoms with van der Waals surface area (Å²) in [5.74, 6) is 1.06. The van der Waals surface area contributed by atoms with E-state index in [-0.39, 0.29) is 29.7 Å². The highest BCUT2D eigenvalue weighted by molar-refractivity contribution is 14.0. The normalized spacial score (nSPS) is 10.8. The number of guanidine groups is 1. The van der Waals surface area contributed by atoms with Gasteiger partial charge < -0.3 is 15.7 Å². The molecule has 0 amide bonds. The van der Waals surface area contributed by atoms with Crippen molar-refractivity contribution in [3.05, 3.63) is 52.2 Å². The largest absolute Gasteiger partial charge is 0.508 e. The summed E-state index contributed by atoms with van der Waals surface area (Å²) in [6, 6.07) is 9.29. The first-order valence-electron chi connectivity index (χ1n) is 6.59. The zero-order chi connectivity index (χ0) is 14.2. The van der Waals surface area contributed by atoms with E-state index in [1.807, 2.05) is 19.1 Å². The number of aliphatic imine (C=N–C) groups is 1. The summed E-state index contributed by atoms with van der Waals surface area (Å²) in [5.41, 5.74) is 2.23. The molecule has 1 heterocycles. The summed E-state index contributed by atoms with van der Waals surface area (Å²) < 4.78 is 0. The Labute approximate surface area is 146 Å². The van der Waals surface area contributed by atoms with Crippen LogP contribution in [-0.4, -0.2) is 17.6 Å². The van der Waals surface area contributed by atoms with Crippen molar-refractivity contribution < 1.29 is 5.11 Å². The molecule has 0 fully saturated rings. The minimum absolute atomic E-state index is 0.